The fourth-order valence-corrected chi connectivity index (χ4v) is 3.15. The first kappa shape index (κ1) is 14.0. The standard InChI is InChI=1S/C14H30N2/c1-3-7-13(8-4-2)16-12-6-5-9-14(16)10-11-15/h13-14H,3-12,15H2,1-2H3. The second kappa shape index (κ2) is 8.08. The molecule has 1 unspecified atom stereocenters. The summed E-state index contributed by atoms with van der Waals surface area (Å²) in [6.45, 7) is 6.79. The summed E-state index contributed by atoms with van der Waals surface area (Å²) < 4.78 is 0. The van der Waals surface area contributed by atoms with Crippen LogP contribution < -0.4 is 5.73 Å². The van der Waals surface area contributed by atoms with E-state index in [9.17, 15) is 0 Å². The number of hydrogen-bond acceptors (Lipinski definition) is 2. The van der Waals surface area contributed by atoms with Crippen molar-refractivity contribution in [2.45, 2.75) is 77.3 Å². The van der Waals surface area contributed by atoms with E-state index in [1.165, 1.54) is 57.9 Å². The van der Waals surface area contributed by atoms with Gasteiger partial charge in [-0.25, -0.2) is 0 Å². The largest absolute Gasteiger partial charge is 0.330 e. The van der Waals surface area contributed by atoms with Crippen molar-refractivity contribution in [1.82, 2.24) is 4.90 Å². The topological polar surface area (TPSA) is 29.3 Å². The fraction of sp³-hybridized carbons (Fsp3) is 1.00. The number of hydrogen-bond donors (Lipinski definition) is 1. The molecule has 0 bridgehead atoms. The van der Waals surface area contributed by atoms with Crippen molar-refractivity contribution < 1.29 is 0 Å². The van der Waals surface area contributed by atoms with E-state index < -0.39 is 0 Å². The normalized spacial score (nSPS) is 22.9. The predicted octanol–water partition coefficient (Wildman–Crippen LogP) is 3.16. The number of likely N-dealkylation sites (tertiary alicyclic amines) is 1. The van der Waals surface area contributed by atoms with Gasteiger partial charge in [-0.2, -0.15) is 0 Å². The Kier molecular flexibility index (Phi) is 7.06. The van der Waals surface area contributed by atoms with Crippen LogP contribution in [0.1, 0.15) is 65.2 Å². The van der Waals surface area contributed by atoms with Gasteiger partial charge in [0.15, 0.2) is 0 Å². The molecule has 2 nitrogen and oxygen atoms in total. The molecule has 0 saturated carbocycles. The van der Waals surface area contributed by atoms with Crippen LogP contribution in [0.15, 0.2) is 0 Å². The second-order valence-corrected chi connectivity index (χ2v) is 5.20. The molecule has 1 aliphatic heterocycles. The minimum Gasteiger partial charge on any atom is -0.330 e. The second-order valence-electron chi connectivity index (χ2n) is 5.20. The van der Waals surface area contributed by atoms with Crippen LogP contribution >= 0.6 is 0 Å². The van der Waals surface area contributed by atoms with Gasteiger partial charge in [-0.15, -0.1) is 0 Å². The minimum absolute atomic E-state index is 0.779. The molecule has 2 N–H and O–H groups in total. The maximum atomic E-state index is 5.74. The summed E-state index contributed by atoms with van der Waals surface area (Å²) in [5.41, 5.74) is 5.74. The van der Waals surface area contributed by atoms with Crippen molar-refractivity contribution in [2.75, 3.05) is 13.1 Å². The molecule has 1 rings (SSSR count). The first-order valence-electron chi connectivity index (χ1n) is 7.29. The molecule has 0 amide bonds. The van der Waals surface area contributed by atoms with Crippen LogP contribution in [-0.4, -0.2) is 30.1 Å². The summed E-state index contributed by atoms with van der Waals surface area (Å²) in [4.78, 5) is 2.78. The Hall–Kier alpha value is -0.0800. The van der Waals surface area contributed by atoms with Gasteiger partial charge in [0.25, 0.3) is 0 Å². The Morgan fingerprint density at radius 1 is 1.19 bits per heavy atom. The quantitative estimate of drug-likeness (QED) is 0.722. The van der Waals surface area contributed by atoms with Crippen molar-refractivity contribution in [3.05, 3.63) is 0 Å². The SMILES string of the molecule is CCCC(CCC)N1CCCCC1CCN. The van der Waals surface area contributed by atoms with Gasteiger partial charge in [0, 0.05) is 12.1 Å². The van der Waals surface area contributed by atoms with Crippen molar-refractivity contribution in [2.24, 2.45) is 5.73 Å². The van der Waals surface area contributed by atoms with Crippen LogP contribution in [0.5, 0.6) is 0 Å². The Morgan fingerprint density at radius 2 is 1.88 bits per heavy atom. The summed E-state index contributed by atoms with van der Waals surface area (Å²) in [5, 5.41) is 0. The van der Waals surface area contributed by atoms with E-state index >= 15 is 0 Å². The molecule has 1 atom stereocenters. The van der Waals surface area contributed by atoms with Crippen molar-refractivity contribution in [3.63, 3.8) is 0 Å². The van der Waals surface area contributed by atoms with E-state index in [2.05, 4.69) is 18.7 Å². The highest BCUT2D eigenvalue weighted by molar-refractivity contribution is 4.82. The lowest BCUT2D eigenvalue weighted by Gasteiger charge is -2.41. The zero-order valence-electron chi connectivity index (χ0n) is 11.3. The Bertz CT molecular complexity index is 162. The smallest absolute Gasteiger partial charge is 0.0110 e. The zero-order chi connectivity index (χ0) is 11.8. The summed E-state index contributed by atoms with van der Waals surface area (Å²) in [7, 11) is 0. The van der Waals surface area contributed by atoms with Crippen LogP contribution in [0.25, 0.3) is 0 Å². The zero-order valence-corrected chi connectivity index (χ0v) is 11.3. The minimum atomic E-state index is 0.779. The van der Waals surface area contributed by atoms with E-state index in [4.69, 9.17) is 5.73 Å². The Balaban J connectivity index is 2.54. The predicted molar refractivity (Wildman–Crippen MR) is 71.6 cm³/mol. The van der Waals surface area contributed by atoms with Gasteiger partial charge in [-0.3, -0.25) is 4.90 Å². The molecule has 0 radical (unpaired) electrons. The van der Waals surface area contributed by atoms with Gasteiger partial charge >= 0.3 is 0 Å². The van der Waals surface area contributed by atoms with Crippen LogP contribution in [0.2, 0.25) is 0 Å². The average Bonchev–Trinajstić information content (AvgIpc) is 2.30. The molecular weight excluding hydrogens is 196 g/mol. The maximum Gasteiger partial charge on any atom is 0.0110 e. The molecule has 0 aromatic heterocycles. The highest BCUT2D eigenvalue weighted by Crippen LogP contribution is 2.25. The molecule has 0 aromatic rings. The highest BCUT2D eigenvalue weighted by Gasteiger charge is 2.27. The van der Waals surface area contributed by atoms with Crippen LogP contribution in [0.4, 0.5) is 0 Å². The molecule has 2 heteroatoms. The van der Waals surface area contributed by atoms with E-state index in [0.717, 1.165) is 18.6 Å². The molecule has 0 spiro atoms. The summed E-state index contributed by atoms with van der Waals surface area (Å²) in [6.07, 6.45) is 10.7. The van der Waals surface area contributed by atoms with Crippen LogP contribution in [0.3, 0.4) is 0 Å². The molecule has 1 saturated heterocycles. The molecule has 0 aliphatic carbocycles. The number of piperidine rings is 1. The molecular formula is C14H30N2. The highest BCUT2D eigenvalue weighted by atomic mass is 15.2. The van der Waals surface area contributed by atoms with Crippen molar-refractivity contribution in [3.8, 4) is 0 Å². The van der Waals surface area contributed by atoms with E-state index in [0.29, 0.717) is 0 Å². The monoisotopic (exact) mass is 226 g/mol. The molecule has 0 aromatic carbocycles. The van der Waals surface area contributed by atoms with Gasteiger partial charge < -0.3 is 5.73 Å². The number of rotatable bonds is 7. The van der Waals surface area contributed by atoms with Gasteiger partial charge in [-0.1, -0.05) is 33.1 Å². The lowest BCUT2D eigenvalue weighted by atomic mass is 9.94. The lowest BCUT2D eigenvalue weighted by molar-refractivity contribution is 0.0792. The van der Waals surface area contributed by atoms with Gasteiger partial charge in [0.05, 0.1) is 0 Å². The van der Waals surface area contributed by atoms with Gasteiger partial charge in [-0.05, 0) is 45.2 Å². The number of nitrogens with zero attached hydrogens (tertiary/aromatic N) is 1. The van der Waals surface area contributed by atoms with Crippen molar-refractivity contribution >= 4 is 0 Å². The molecule has 1 heterocycles. The Morgan fingerprint density at radius 3 is 2.44 bits per heavy atom. The summed E-state index contributed by atoms with van der Waals surface area (Å²) in [5.74, 6) is 0. The van der Waals surface area contributed by atoms with E-state index in [-0.39, 0.29) is 0 Å². The third kappa shape index (κ3) is 4.06. The van der Waals surface area contributed by atoms with Crippen LogP contribution in [-0.2, 0) is 0 Å². The third-order valence-corrected chi connectivity index (χ3v) is 3.89. The van der Waals surface area contributed by atoms with E-state index in [1.54, 1.807) is 0 Å². The van der Waals surface area contributed by atoms with E-state index in [1.807, 2.05) is 0 Å². The molecule has 1 aliphatic rings. The lowest BCUT2D eigenvalue weighted by Crippen LogP contribution is -2.47. The Labute approximate surface area is 102 Å². The average molecular weight is 226 g/mol. The first-order chi connectivity index (χ1) is 7.83. The van der Waals surface area contributed by atoms with Crippen molar-refractivity contribution in [1.29, 1.82) is 0 Å². The van der Waals surface area contributed by atoms with Gasteiger partial charge in [0.2, 0.25) is 0 Å². The molecule has 1 fully saturated rings. The molecule has 16 heavy (non-hydrogen) atoms. The third-order valence-electron chi connectivity index (χ3n) is 3.89. The summed E-state index contributed by atoms with van der Waals surface area (Å²) in [6, 6.07) is 1.61. The number of nitrogens with two attached hydrogens (primary N) is 1. The fourth-order valence-electron chi connectivity index (χ4n) is 3.15. The summed E-state index contributed by atoms with van der Waals surface area (Å²) >= 11 is 0. The van der Waals surface area contributed by atoms with Gasteiger partial charge in [0.1, 0.15) is 0 Å². The maximum absolute atomic E-state index is 5.74. The van der Waals surface area contributed by atoms with Crippen LogP contribution in [0, 0.1) is 0 Å². The first-order valence-corrected chi connectivity index (χ1v) is 7.29. The molecule has 96 valence electrons.